The standard InChI is InChI=1S/C15H15FN6O4/c1-26-15(25)10-7-21(4-5-23)14(24)13(10)18-11-6-9(16)2-3-12(11)22-8-17-19-20-22/h2-3,6,8,18,23H,4-5,7H2,1H3. The number of ether oxygens (including phenoxy) is 1. The van der Waals surface area contributed by atoms with Crippen molar-refractivity contribution < 1.29 is 23.8 Å². The summed E-state index contributed by atoms with van der Waals surface area (Å²) in [7, 11) is 1.20. The number of aromatic nitrogens is 4. The van der Waals surface area contributed by atoms with Crippen molar-refractivity contribution in [3.63, 3.8) is 0 Å². The Morgan fingerprint density at radius 2 is 2.27 bits per heavy atom. The van der Waals surface area contributed by atoms with Crippen LogP contribution in [0, 0.1) is 5.82 Å². The molecule has 0 unspecified atom stereocenters. The first-order valence-corrected chi connectivity index (χ1v) is 7.56. The van der Waals surface area contributed by atoms with E-state index in [1.807, 2.05) is 0 Å². The van der Waals surface area contributed by atoms with Gasteiger partial charge in [0.1, 0.15) is 17.8 Å². The fourth-order valence-electron chi connectivity index (χ4n) is 2.56. The number of esters is 1. The Morgan fingerprint density at radius 3 is 2.92 bits per heavy atom. The molecule has 3 rings (SSSR count). The van der Waals surface area contributed by atoms with Crippen LogP contribution >= 0.6 is 0 Å². The lowest BCUT2D eigenvalue weighted by Crippen LogP contribution is -2.31. The molecular formula is C15H15FN6O4. The van der Waals surface area contributed by atoms with Gasteiger partial charge in [0.15, 0.2) is 0 Å². The maximum Gasteiger partial charge on any atom is 0.337 e. The zero-order valence-corrected chi connectivity index (χ0v) is 13.7. The van der Waals surface area contributed by atoms with Gasteiger partial charge in [-0.05, 0) is 28.6 Å². The number of benzene rings is 1. The van der Waals surface area contributed by atoms with Gasteiger partial charge in [0.2, 0.25) is 0 Å². The number of carbonyl (C=O) groups excluding carboxylic acids is 2. The minimum Gasteiger partial charge on any atom is -0.466 e. The smallest absolute Gasteiger partial charge is 0.337 e. The molecule has 0 atom stereocenters. The van der Waals surface area contributed by atoms with Crippen LogP contribution in [0.3, 0.4) is 0 Å². The minimum atomic E-state index is -0.693. The van der Waals surface area contributed by atoms with E-state index in [1.54, 1.807) is 0 Å². The SMILES string of the molecule is COC(=O)C1=C(Nc2cc(F)ccc2-n2cnnn2)C(=O)N(CCO)C1. The number of carbonyl (C=O) groups is 2. The number of hydrogen-bond donors (Lipinski definition) is 2. The predicted octanol–water partition coefficient (Wildman–Crippen LogP) is -0.525. The lowest BCUT2D eigenvalue weighted by atomic mass is 10.2. The molecule has 136 valence electrons. The summed E-state index contributed by atoms with van der Waals surface area (Å²) in [6, 6.07) is 3.80. The molecule has 0 bridgehead atoms. The van der Waals surface area contributed by atoms with E-state index in [2.05, 4.69) is 20.8 Å². The molecular weight excluding hydrogens is 347 g/mol. The lowest BCUT2D eigenvalue weighted by molar-refractivity contribution is -0.136. The largest absolute Gasteiger partial charge is 0.466 e. The number of rotatable bonds is 6. The Bertz CT molecular complexity index is 867. The van der Waals surface area contributed by atoms with E-state index in [9.17, 15) is 14.0 Å². The second kappa shape index (κ2) is 7.27. The van der Waals surface area contributed by atoms with E-state index in [4.69, 9.17) is 9.84 Å². The highest BCUT2D eigenvalue weighted by atomic mass is 19.1. The predicted molar refractivity (Wildman–Crippen MR) is 85.4 cm³/mol. The maximum atomic E-state index is 13.7. The van der Waals surface area contributed by atoms with Crippen molar-refractivity contribution in [3.8, 4) is 5.69 Å². The number of halogens is 1. The van der Waals surface area contributed by atoms with E-state index >= 15 is 0 Å². The van der Waals surface area contributed by atoms with Crippen molar-refractivity contribution in [2.75, 3.05) is 32.1 Å². The Labute approximate surface area is 146 Å². The monoisotopic (exact) mass is 362 g/mol. The Kier molecular flexibility index (Phi) is 4.89. The second-order valence-electron chi connectivity index (χ2n) is 5.34. The summed E-state index contributed by atoms with van der Waals surface area (Å²) in [5.41, 5.74) is 0.595. The van der Waals surface area contributed by atoms with Gasteiger partial charge in [-0.1, -0.05) is 0 Å². The molecule has 2 N–H and O–H groups in total. The van der Waals surface area contributed by atoms with Gasteiger partial charge in [0, 0.05) is 6.54 Å². The minimum absolute atomic E-state index is 0.0239. The first kappa shape index (κ1) is 17.5. The average molecular weight is 362 g/mol. The summed E-state index contributed by atoms with van der Waals surface area (Å²) in [6.07, 6.45) is 1.31. The van der Waals surface area contributed by atoms with Crippen LogP contribution in [0.25, 0.3) is 5.69 Å². The first-order valence-electron chi connectivity index (χ1n) is 7.56. The van der Waals surface area contributed by atoms with Gasteiger partial charge in [-0.3, -0.25) is 4.79 Å². The molecule has 1 amide bonds. The van der Waals surface area contributed by atoms with Crippen LogP contribution in [0.15, 0.2) is 35.8 Å². The third-order valence-corrected chi connectivity index (χ3v) is 3.77. The van der Waals surface area contributed by atoms with Gasteiger partial charge in [-0.15, -0.1) is 5.10 Å². The third kappa shape index (κ3) is 3.24. The molecule has 0 saturated carbocycles. The van der Waals surface area contributed by atoms with E-state index in [0.717, 1.165) is 6.07 Å². The highest BCUT2D eigenvalue weighted by Gasteiger charge is 2.34. The molecule has 1 aliphatic rings. The number of nitrogens with one attached hydrogen (secondary N) is 1. The number of tetrazole rings is 1. The molecule has 10 nitrogen and oxygen atoms in total. The van der Waals surface area contributed by atoms with Gasteiger partial charge >= 0.3 is 5.97 Å². The Balaban J connectivity index is 2.02. The molecule has 1 aromatic heterocycles. The van der Waals surface area contributed by atoms with E-state index in [0.29, 0.717) is 5.69 Å². The highest BCUT2D eigenvalue weighted by molar-refractivity contribution is 6.08. The topological polar surface area (TPSA) is 122 Å². The van der Waals surface area contributed by atoms with Crippen molar-refractivity contribution >= 4 is 17.6 Å². The molecule has 2 heterocycles. The van der Waals surface area contributed by atoms with Crippen molar-refractivity contribution in [1.29, 1.82) is 0 Å². The van der Waals surface area contributed by atoms with E-state index < -0.39 is 17.7 Å². The summed E-state index contributed by atoms with van der Waals surface area (Å²) in [6.45, 7) is -0.235. The highest BCUT2D eigenvalue weighted by Crippen LogP contribution is 2.27. The molecule has 1 aromatic carbocycles. The number of amides is 1. The normalized spacial score (nSPS) is 14.1. The molecule has 0 aliphatic carbocycles. The number of nitrogens with zero attached hydrogens (tertiary/aromatic N) is 5. The molecule has 0 spiro atoms. The van der Waals surface area contributed by atoms with Gasteiger partial charge in [0.05, 0.1) is 37.2 Å². The maximum absolute atomic E-state index is 13.7. The Hall–Kier alpha value is -3.34. The number of hydrogen-bond acceptors (Lipinski definition) is 8. The summed E-state index contributed by atoms with van der Waals surface area (Å²) >= 11 is 0. The summed E-state index contributed by atoms with van der Waals surface area (Å²) in [5, 5.41) is 22.7. The number of methoxy groups -OCH3 is 1. The number of anilines is 1. The quantitative estimate of drug-likeness (QED) is 0.658. The molecule has 1 aliphatic heterocycles. The molecule has 0 saturated heterocycles. The van der Waals surface area contributed by atoms with Crippen molar-refractivity contribution in [3.05, 3.63) is 41.6 Å². The Morgan fingerprint density at radius 1 is 1.46 bits per heavy atom. The van der Waals surface area contributed by atoms with Crippen LogP contribution in [-0.2, 0) is 14.3 Å². The summed E-state index contributed by atoms with van der Waals surface area (Å²) in [5.74, 6) is -1.75. The van der Waals surface area contributed by atoms with Crippen molar-refractivity contribution in [2.45, 2.75) is 0 Å². The van der Waals surface area contributed by atoms with Crippen LogP contribution in [0.4, 0.5) is 10.1 Å². The fourth-order valence-corrected chi connectivity index (χ4v) is 2.56. The average Bonchev–Trinajstić information content (AvgIpc) is 3.26. The summed E-state index contributed by atoms with van der Waals surface area (Å²) < 4.78 is 19.7. The molecule has 2 aromatic rings. The third-order valence-electron chi connectivity index (χ3n) is 3.77. The second-order valence-corrected chi connectivity index (χ2v) is 5.34. The van der Waals surface area contributed by atoms with Crippen LogP contribution in [-0.4, -0.2) is 68.9 Å². The van der Waals surface area contributed by atoms with E-state index in [-0.39, 0.29) is 36.7 Å². The van der Waals surface area contributed by atoms with Crippen LogP contribution in [0.2, 0.25) is 0 Å². The molecule has 0 radical (unpaired) electrons. The van der Waals surface area contributed by atoms with E-state index in [1.165, 1.54) is 35.2 Å². The molecule has 0 fully saturated rings. The van der Waals surface area contributed by atoms with Crippen LogP contribution < -0.4 is 5.32 Å². The van der Waals surface area contributed by atoms with Gasteiger partial charge < -0.3 is 20.1 Å². The molecule has 11 heteroatoms. The lowest BCUT2D eigenvalue weighted by Gasteiger charge is -2.16. The van der Waals surface area contributed by atoms with Gasteiger partial charge in [-0.25, -0.2) is 9.18 Å². The molecule has 26 heavy (non-hydrogen) atoms. The summed E-state index contributed by atoms with van der Waals surface area (Å²) in [4.78, 5) is 25.9. The number of aliphatic hydroxyl groups is 1. The van der Waals surface area contributed by atoms with Crippen molar-refractivity contribution in [1.82, 2.24) is 25.1 Å². The zero-order chi connectivity index (χ0) is 18.7. The fraction of sp³-hybridized carbons (Fsp3) is 0.267. The van der Waals surface area contributed by atoms with Gasteiger partial charge in [-0.2, -0.15) is 4.68 Å². The van der Waals surface area contributed by atoms with Crippen LogP contribution in [0.5, 0.6) is 0 Å². The van der Waals surface area contributed by atoms with Crippen molar-refractivity contribution in [2.24, 2.45) is 0 Å². The first-order chi connectivity index (χ1) is 12.5. The van der Waals surface area contributed by atoms with Gasteiger partial charge in [0.25, 0.3) is 5.91 Å². The van der Waals surface area contributed by atoms with Crippen LogP contribution in [0.1, 0.15) is 0 Å². The zero-order valence-electron chi connectivity index (χ0n) is 13.7. The number of β-amino-alcohol motifs (C(OH)–C–C–N with tert-alkyl or cyclic N) is 1. The number of aliphatic hydroxyl groups excluding tert-OH is 1.